The van der Waals surface area contributed by atoms with Crippen LogP contribution in [-0.4, -0.2) is 20.0 Å². The lowest BCUT2D eigenvalue weighted by Crippen LogP contribution is -2.14. The predicted octanol–water partition coefficient (Wildman–Crippen LogP) is 3.62. The maximum Gasteiger partial charge on any atom is 0.416 e. The van der Waals surface area contributed by atoms with Gasteiger partial charge in [-0.05, 0) is 48.5 Å². The number of ketones is 1. The smallest absolute Gasteiger partial charge is 0.293 e. The molecule has 0 aliphatic heterocycles. The zero-order valence-corrected chi connectivity index (χ0v) is 13.8. The van der Waals surface area contributed by atoms with Gasteiger partial charge in [-0.3, -0.25) is 9.52 Å². The van der Waals surface area contributed by atoms with E-state index in [0.717, 1.165) is 12.1 Å². The summed E-state index contributed by atoms with van der Waals surface area (Å²) in [7, 11) is -4.03. The second kappa shape index (κ2) is 6.86. The summed E-state index contributed by atoms with van der Waals surface area (Å²) in [4.78, 5) is 11.1. The molecule has 0 saturated heterocycles. The first-order valence-electron chi connectivity index (χ1n) is 6.58. The van der Waals surface area contributed by atoms with Crippen LogP contribution >= 0.6 is 12.6 Å². The van der Waals surface area contributed by atoms with Gasteiger partial charge in [0, 0.05) is 11.3 Å². The molecule has 0 radical (unpaired) electrons. The zero-order valence-electron chi connectivity index (χ0n) is 12.0. The van der Waals surface area contributed by atoms with Crippen LogP contribution in [0.3, 0.4) is 0 Å². The summed E-state index contributed by atoms with van der Waals surface area (Å²) < 4.78 is 64.1. The van der Waals surface area contributed by atoms with E-state index in [1.807, 2.05) is 0 Å². The van der Waals surface area contributed by atoms with E-state index in [0.29, 0.717) is 17.7 Å². The van der Waals surface area contributed by atoms with Gasteiger partial charge in [0.05, 0.1) is 16.2 Å². The zero-order chi connectivity index (χ0) is 18.0. The van der Waals surface area contributed by atoms with Gasteiger partial charge in [-0.25, -0.2) is 8.42 Å². The molecule has 0 atom stereocenters. The highest BCUT2D eigenvalue weighted by atomic mass is 32.2. The third-order valence-corrected chi connectivity index (χ3v) is 4.78. The topological polar surface area (TPSA) is 63.2 Å². The van der Waals surface area contributed by atoms with Crippen LogP contribution in [0, 0.1) is 0 Å². The van der Waals surface area contributed by atoms with Crippen LogP contribution in [0.1, 0.15) is 15.9 Å². The maximum atomic E-state index is 12.5. The molecule has 1 N–H and O–H groups in total. The molecule has 2 aromatic rings. The molecule has 0 aliphatic carbocycles. The average Bonchev–Trinajstić information content (AvgIpc) is 2.54. The Hall–Kier alpha value is -2.00. The van der Waals surface area contributed by atoms with Gasteiger partial charge in [-0.2, -0.15) is 25.8 Å². The van der Waals surface area contributed by atoms with Gasteiger partial charge in [-0.15, -0.1) is 0 Å². The number of benzene rings is 2. The molecule has 0 saturated carbocycles. The number of hydrogen-bond acceptors (Lipinski definition) is 4. The van der Waals surface area contributed by atoms with E-state index in [1.165, 1.54) is 24.3 Å². The number of rotatable bonds is 5. The lowest BCUT2D eigenvalue weighted by Gasteiger charge is -2.10. The molecule has 0 fully saturated rings. The number of carbonyl (C=O) groups is 1. The fourth-order valence-corrected chi connectivity index (χ4v) is 3.09. The van der Waals surface area contributed by atoms with Crippen molar-refractivity contribution in [3.05, 3.63) is 59.7 Å². The summed E-state index contributed by atoms with van der Waals surface area (Å²) in [6.45, 7) is 0. The normalized spacial score (nSPS) is 12.0. The molecule has 2 rings (SSSR count). The van der Waals surface area contributed by atoms with Crippen LogP contribution in [-0.2, 0) is 16.2 Å². The first kappa shape index (κ1) is 18.3. The Bertz CT molecular complexity index is 830. The van der Waals surface area contributed by atoms with Crippen LogP contribution in [0.2, 0.25) is 0 Å². The van der Waals surface area contributed by atoms with E-state index >= 15 is 0 Å². The van der Waals surface area contributed by atoms with E-state index in [1.54, 1.807) is 0 Å². The van der Waals surface area contributed by atoms with E-state index in [2.05, 4.69) is 17.4 Å². The fraction of sp³-hybridized carbons (Fsp3) is 0.133. The van der Waals surface area contributed by atoms with E-state index in [-0.39, 0.29) is 22.1 Å². The molecule has 0 aliphatic rings. The van der Waals surface area contributed by atoms with Gasteiger partial charge in [0.25, 0.3) is 10.0 Å². The Balaban J connectivity index is 2.20. The fourth-order valence-electron chi connectivity index (χ4n) is 1.85. The monoisotopic (exact) mass is 375 g/mol. The van der Waals surface area contributed by atoms with Crippen LogP contribution in [0.5, 0.6) is 0 Å². The second-order valence-electron chi connectivity index (χ2n) is 4.79. The van der Waals surface area contributed by atoms with E-state index < -0.39 is 21.8 Å². The molecule has 9 heteroatoms. The average molecular weight is 375 g/mol. The second-order valence-corrected chi connectivity index (χ2v) is 6.78. The highest BCUT2D eigenvalue weighted by molar-refractivity contribution is 7.92. The molecule has 4 nitrogen and oxygen atoms in total. The molecule has 0 aromatic heterocycles. The number of carbonyl (C=O) groups excluding carboxylic acids is 1. The van der Waals surface area contributed by atoms with Crippen molar-refractivity contribution in [1.29, 1.82) is 0 Å². The van der Waals surface area contributed by atoms with E-state index in [9.17, 15) is 26.4 Å². The summed E-state index contributed by atoms with van der Waals surface area (Å²) in [5, 5.41) is 0. The van der Waals surface area contributed by atoms with Gasteiger partial charge in [-0.1, -0.05) is 0 Å². The number of hydrogen-bond donors (Lipinski definition) is 2. The molecular weight excluding hydrogens is 363 g/mol. The molecule has 0 spiro atoms. The Morgan fingerprint density at radius 2 is 1.54 bits per heavy atom. The number of nitrogens with one attached hydrogen (secondary N) is 1. The Morgan fingerprint density at radius 3 is 2.00 bits per heavy atom. The van der Waals surface area contributed by atoms with Crippen molar-refractivity contribution in [2.45, 2.75) is 11.1 Å². The minimum atomic E-state index is -4.54. The lowest BCUT2D eigenvalue weighted by molar-refractivity contribution is -0.137. The minimum absolute atomic E-state index is 0.0244. The Labute approximate surface area is 142 Å². The maximum absolute atomic E-state index is 12.5. The molecule has 0 unspecified atom stereocenters. The van der Waals surface area contributed by atoms with Crippen LogP contribution in [0.4, 0.5) is 18.9 Å². The first-order chi connectivity index (χ1) is 11.1. The molecule has 0 amide bonds. The molecule has 0 heterocycles. The summed E-state index contributed by atoms with van der Waals surface area (Å²) >= 11 is 3.86. The van der Waals surface area contributed by atoms with Crippen LogP contribution < -0.4 is 4.72 Å². The molecule has 128 valence electrons. The molecule has 0 bridgehead atoms. The number of sulfonamides is 1. The third kappa shape index (κ3) is 4.30. The highest BCUT2D eigenvalue weighted by Crippen LogP contribution is 2.30. The number of alkyl halides is 3. The number of halogens is 3. The van der Waals surface area contributed by atoms with Gasteiger partial charge >= 0.3 is 6.18 Å². The standard InChI is InChI=1S/C15H12F3NO3S2/c16-15(17,18)11-3-7-13(8-4-11)24(21,22)19-12-5-1-10(2-6-12)14(20)9-23/h1-8,19,23H,9H2. The van der Waals surface area contributed by atoms with Gasteiger partial charge < -0.3 is 0 Å². The van der Waals surface area contributed by atoms with E-state index in [4.69, 9.17) is 0 Å². The molecular formula is C15H12F3NO3S2. The number of thiol groups is 1. The quantitative estimate of drug-likeness (QED) is 0.620. The van der Waals surface area contributed by atoms with Crippen molar-refractivity contribution >= 4 is 34.1 Å². The van der Waals surface area contributed by atoms with Crippen molar-refractivity contribution in [2.75, 3.05) is 10.5 Å². The van der Waals surface area contributed by atoms with Crippen molar-refractivity contribution in [1.82, 2.24) is 0 Å². The van der Waals surface area contributed by atoms with Crippen LogP contribution in [0.25, 0.3) is 0 Å². The predicted molar refractivity (Wildman–Crippen MR) is 86.9 cm³/mol. The number of anilines is 1. The third-order valence-electron chi connectivity index (χ3n) is 3.09. The summed E-state index contributed by atoms with van der Waals surface area (Å²) in [6.07, 6.45) is -4.54. The Kier molecular flexibility index (Phi) is 5.24. The summed E-state index contributed by atoms with van der Waals surface area (Å²) in [6, 6.07) is 8.79. The highest BCUT2D eigenvalue weighted by Gasteiger charge is 2.30. The number of Topliss-reactive ketones (excluding diaryl/α,β-unsaturated/α-hetero) is 1. The minimum Gasteiger partial charge on any atom is -0.293 e. The van der Waals surface area contributed by atoms with Crippen molar-refractivity contribution in [3.8, 4) is 0 Å². The summed E-state index contributed by atoms with van der Waals surface area (Å²) in [5.74, 6) is -0.188. The SMILES string of the molecule is O=C(CS)c1ccc(NS(=O)(=O)c2ccc(C(F)(F)F)cc2)cc1. The van der Waals surface area contributed by atoms with Crippen molar-refractivity contribution < 1.29 is 26.4 Å². The Morgan fingerprint density at radius 1 is 1.00 bits per heavy atom. The summed E-state index contributed by atoms with van der Waals surface area (Å²) in [5.41, 5.74) is -0.371. The van der Waals surface area contributed by atoms with Gasteiger partial charge in [0.15, 0.2) is 5.78 Å². The van der Waals surface area contributed by atoms with Crippen LogP contribution in [0.15, 0.2) is 53.4 Å². The molecule has 2 aromatic carbocycles. The lowest BCUT2D eigenvalue weighted by atomic mass is 10.1. The van der Waals surface area contributed by atoms with Gasteiger partial charge in [0.1, 0.15) is 0 Å². The largest absolute Gasteiger partial charge is 0.416 e. The van der Waals surface area contributed by atoms with Gasteiger partial charge in [0.2, 0.25) is 0 Å². The van der Waals surface area contributed by atoms with Crippen molar-refractivity contribution in [2.24, 2.45) is 0 Å². The van der Waals surface area contributed by atoms with Crippen molar-refractivity contribution in [3.63, 3.8) is 0 Å². The first-order valence-corrected chi connectivity index (χ1v) is 8.69. The molecule has 24 heavy (non-hydrogen) atoms.